The molecule has 0 saturated heterocycles. The van der Waals surface area contributed by atoms with Gasteiger partial charge < -0.3 is 0 Å². The highest BCUT2D eigenvalue weighted by Gasteiger charge is 2.15. The Balaban J connectivity index is 0.000000774. The van der Waals surface area contributed by atoms with Gasteiger partial charge in [-0.25, -0.2) is 0 Å². The first-order chi connectivity index (χ1) is 10.3. The number of hydrogen-bond acceptors (Lipinski definition) is 2. The molecule has 0 aromatic heterocycles. The summed E-state index contributed by atoms with van der Waals surface area (Å²) in [6, 6.07) is 17.6. The first kappa shape index (κ1) is 16.1. The minimum Gasteiger partial charge on any atom is -0.294 e. The summed E-state index contributed by atoms with van der Waals surface area (Å²) < 4.78 is 0. The fourth-order valence-corrected chi connectivity index (χ4v) is 2.91. The predicted octanol–water partition coefficient (Wildman–Crippen LogP) is 4.70. The van der Waals surface area contributed by atoms with E-state index in [9.17, 15) is 0 Å². The molecule has 0 radical (unpaired) electrons. The highest BCUT2D eigenvalue weighted by molar-refractivity contribution is 7.79. The van der Waals surface area contributed by atoms with Gasteiger partial charge in [-0.2, -0.15) is 12.6 Å². The maximum Gasteiger partial charge on any atom is 0.0240 e. The van der Waals surface area contributed by atoms with Crippen molar-refractivity contribution in [2.45, 2.75) is 39.1 Å². The molecule has 0 saturated carbocycles. The molecule has 0 amide bonds. The molecule has 1 heterocycles. The largest absolute Gasteiger partial charge is 0.294 e. The second-order valence-electron chi connectivity index (χ2n) is 5.20. The lowest BCUT2D eigenvalue weighted by atomic mass is 9.99. The van der Waals surface area contributed by atoms with Gasteiger partial charge in [0.25, 0.3) is 0 Å². The molecule has 1 aliphatic heterocycles. The quantitative estimate of drug-likeness (QED) is 0.804. The molecule has 0 atom stereocenters. The summed E-state index contributed by atoms with van der Waals surface area (Å²) in [6.07, 6.45) is 1.17. The number of thiol groups is 1. The maximum absolute atomic E-state index is 4.30. The standard InChI is InChI=1S/C17H19NS.C2H6/c19-13-15-7-5-14(6-8-15)11-18-10-9-16-3-1-2-4-17(16)12-18;1-2/h1-8,19H,9-13H2;1-2H3. The van der Waals surface area contributed by atoms with E-state index in [2.05, 4.69) is 66.1 Å². The molecule has 112 valence electrons. The van der Waals surface area contributed by atoms with Crippen molar-refractivity contribution in [2.75, 3.05) is 6.54 Å². The molecule has 2 heteroatoms. The summed E-state index contributed by atoms with van der Waals surface area (Å²) in [7, 11) is 0. The Labute approximate surface area is 134 Å². The maximum atomic E-state index is 4.30. The summed E-state index contributed by atoms with van der Waals surface area (Å²) in [6.45, 7) is 7.27. The summed E-state index contributed by atoms with van der Waals surface area (Å²) in [5.74, 6) is 0.817. The lowest BCUT2D eigenvalue weighted by Gasteiger charge is -2.28. The van der Waals surface area contributed by atoms with Gasteiger partial charge in [0, 0.05) is 25.4 Å². The first-order valence-corrected chi connectivity index (χ1v) is 8.46. The molecule has 1 aliphatic rings. The van der Waals surface area contributed by atoms with Crippen LogP contribution in [0.3, 0.4) is 0 Å². The van der Waals surface area contributed by atoms with Crippen molar-refractivity contribution in [3.63, 3.8) is 0 Å². The monoisotopic (exact) mass is 299 g/mol. The van der Waals surface area contributed by atoms with Gasteiger partial charge in [0.2, 0.25) is 0 Å². The molecule has 0 fully saturated rings. The topological polar surface area (TPSA) is 3.24 Å². The van der Waals surface area contributed by atoms with Crippen LogP contribution in [0.1, 0.15) is 36.1 Å². The van der Waals surface area contributed by atoms with Crippen LogP contribution in [0.15, 0.2) is 48.5 Å². The lowest BCUT2D eigenvalue weighted by Crippen LogP contribution is -2.29. The van der Waals surface area contributed by atoms with Crippen LogP contribution in [0.4, 0.5) is 0 Å². The Kier molecular flexibility index (Phi) is 6.34. The Hall–Kier alpha value is -1.25. The Morgan fingerprint density at radius 1 is 0.905 bits per heavy atom. The Morgan fingerprint density at radius 3 is 2.19 bits per heavy atom. The smallest absolute Gasteiger partial charge is 0.0240 e. The molecule has 2 aromatic rings. The predicted molar refractivity (Wildman–Crippen MR) is 94.7 cm³/mol. The van der Waals surface area contributed by atoms with Crippen LogP contribution >= 0.6 is 12.6 Å². The zero-order valence-corrected chi connectivity index (χ0v) is 13.9. The average molecular weight is 299 g/mol. The third-order valence-corrected chi connectivity index (χ3v) is 4.19. The summed E-state index contributed by atoms with van der Waals surface area (Å²) in [5.41, 5.74) is 5.69. The zero-order chi connectivity index (χ0) is 15.1. The number of nitrogens with zero attached hydrogens (tertiary/aromatic N) is 1. The van der Waals surface area contributed by atoms with Crippen LogP contribution in [0.25, 0.3) is 0 Å². The van der Waals surface area contributed by atoms with Crippen molar-refractivity contribution in [1.29, 1.82) is 0 Å². The molecule has 1 nitrogen and oxygen atoms in total. The van der Waals surface area contributed by atoms with Crippen molar-refractivity contribution in [2.24, 2.45) is 0 Å². The van der Waals surface area contributed by atoms with E-state index in [4.69, 9.17) is 0 Å². The van der Waals surface area contributed by atoms with E-state index in [1.807, 2.05) is 13.8 Å². The molecular formula is C19H25NS. The molecule has 21 heavy (non-hydrogen) atoms. The first-order valence-electron chi connectivity index (χ1n) is 7.83. The number of rotatable bonds is 3. The summed E-state index contributed by atoms with van der Waals surface area (Å²) >= 11 is 4.30. The molecule has 0 unspecified atom stereocenters. The van der Waals surface area contributed by atoms with Crippen molar-refractivity contribution >= 4 is 12.6 Å². The van der Waals surface area contributed by atoms with E-state index in [-0.39, 0.29) is 0 Å². The van der Waals surface area contributed by atoms with Gasteiger partial charge in [-0.1, -0.05) is 62.4 Å². The van der Waals surface area contributed by atoms with Crippen molar-refractivity contribution in [3.8, 4) is 0 Å². The Bertz CT molecular complexity index is 548. The minimum absolute atomic E-state index is 0.817. The van der Waals surface area contributed by atoms with Crippen LogP contribution in [0, 0.1) is 0 Å². The second-order valence-corrected chi connectivity index (χ2v) is 5.52. The number of hydrogen-bond donors (Lipinski definition) is 1. The highest BCUT2D eigenvalue weighted by Crippen LogP contribution is 2.20. The highest BCUT2D eigenvalue weighted by atomic mass is 32.1. The zero-order valence-electron chi connectivity index (χ0n) is 13.0. The van der Waals surface area contributed by atoms with Gasteiger partial charge in [-0.05, 0) is 28.7 Å². The normalized spacial score (nSPS) is 14.0. The van der Waals surface area contributed by atoms with Gasteiger partial charge in [0.05, 0.1) is 0 Å². The molecule has 0 N–H and O–H groups in total. The average Bonchev–Trinajstić information content (AvgIpc) is 2.57. The summed E-state index contributed by atoms with van der Waals surface area (Å²) in [4.78, 5) is 2.53. The molecular weight excluding hydrogens is 274 g/mol. The van der Waals surface area contributed by atoms with Gasteiger partial charge in [-0.3, -0.25) is 4.90 Å². The fraction of sp³-hybridized carbons (Fsp3) is 0.368. The summed E-state index contributed by atoms with van der Waals surface area (Å²) in [5, 5.41) is 0. The molecule has 0 bridgehead atoms. The molecule has 3 rings (SSSR count). The molecule has 2 aromatic carbocycles. The fourth-order valence-electron chi connectivity index (χ4n) is 2.70. The SMILES string of the molecule is CC.SCc1ccc(CN2CCc3ccccc3C2)cc1. The van der Waals surface area contributed by atoms with E-state index in [1.165, 1.54) is 28.7 Å². The van der Waals surface area contributed by atoms with Crippen molar-refractivity contribution in [3.05, 3.63) is 70.8 Å². The van der Waals surface area contributed by atoms with E-state index in [0.29, 0.717) is 0 Å². The minimum atomic E-state index is 0.817. The Morgan fingerprint density at radius 2 is 1.52 bits per heavy atom. The second kappa shape index (κ2) is 8.26. The van der Waals surface area contributed by atoms with E-state index < -0.39 is 0 Å². The van der Waals surface area contributed by atoms with Crippen LogP contribution in [0.5, 0.6) is 0 Å². The van der Waals surface area contributed by atoms with Gasteiger partial charge >= 0.3 is 0 Å². The van der Waals surface area contributed by atoms with E-state index in [0.717, 1.165) is 25.4 Å². The van der Waals surface area contributed by atoms with Gasteiger partial charge in [0.1, 0.15) is 0 Å². The van der Waals surface area contributed by atoms with Crippen LogP contribution in [-0.4, -0.2) is 11.4 Å². The van der Waals surface area contributed by atoms with E-state index >= 15 is 0 Å². The number of fused-ring (bicyclic) bond motifs is 1. The third kappa shape index (κ3) is 4.36. The molecule has 0 aliphatic carbocycles. The van der Waals surface area contributed by atoms with Gasteiger partial charge in [-0.15, -0.1) is 0 Å². The van der Waals surface area contributed by atoms with Crippen molar-refractivity contribution in [1.82, 2.24) is 4.90 Å². The lowest BCUT2D eigenvalue weighted by molar-refractivity contribution is 0.245. The number of benzene rings is 2. The molecule has 0 spiro atoms. The van der Waals surface area contributed by atoms with Crippen molar-refractivity contribution < 1.29 is 0 Å². The third-order valence-electron chi connectivity index (χ3n) is 3.82. The van der Waals surface area contributed by atoms with Crippen LogP contribution in [-0.2, 0) is 25.3 Å². The van der Waals surface area contributed by atoms with Crippen LogP contribution in [0.2, 0.25) is 0 Å². The van der Waals surface area contributed by atoms with Crippen LogP contribution < -0.4 is 0 Å². The van der Waals surface area contributed by atoms with E-state index in [1.54, 1.807) is 0 Å². The van der Waals surface area contributed by atoms with Gasteiger partial charge in [0.15, 0.2) is 0 Å².